The summed E-state index contributed by atoms with van der Waals surface area (Å²) in [7, 11) is 0. The highest BCUT2D eigenvalue weighted by Gasteiger charge is 2.39. The Morgan fingerprint density at radius 1 is 0.578 bits per heavy atom. The molecule has 224 valence electrons. The first-order chi connectivity index (χ1) is 21.6. The fourth-order valence-corrected chi connectivity index (χ4v) is 7.91. The van der Waals surface area contributed by atoms with Gasteiger partial charge in [0.25, 0.3) is 0 Å². The van der Waals surface area contributed by atoms with E-state index < -0.39 is 11.9 Å². The minimum Gasteiger partial charge on any atom is -0.449 e. The van der Waals surface area contributed by atoms with Crippen LogP contribution in [0.2, 0.25) is 0 Å². The number of ether oxygens (including phenoxy) is 1. The standard InChI is InChI=1S/C36H27NO5S3/c1-19-4-10-22(11-5-19)43-26-16-17-27(44-23-12-6-20(2)7-13-23)30-29(26)34(38)31-28(45-24-14-8-21(3)9-15-24)18-25(42-36(40)41)33(37)32(31)35(30)39/h4-18H,37H2,1-3H3,(H,40,41). The molecule has 0 saturated heterocycles. The Kier molecular flexibility index (Phi) is 8.50. The normalized spacial score (nSPS) is 12.1. The van der Waals surface area contributed by atoms with Crippen molar-refractivity contribution >= 4 is 58.7 Å². The number of nitrogens with two attached hydrogens (primary N) is 1. The van der Waals surface area contributed by atoms with E-state index >= 15 is 0 Å². The van der Waals surface area contributed by atoms with Crippen molar-refractivity contribution in [3.05, 3.63) is 130 Å². The predicted molar refractivity (Wildman–Crippen MR) is 179 cm³/mol. The van der Waals surface area contributed by atoms with Crippen LogP contribution >= 0.6 is 35.3 Å². The molecule has 0 fully saturated rings. The fraction of sp³-hybridized carbons (Fsp3) is 0.0833. The van der Waals surface area contributed by atoms with E-state index in [9.17, 15) is 19.5 Å². The molecule has 0 spiro atoms. The van der Waals surface area contributed by atoms with Gasteiger partial charge in [-0.3, -0.25) is 9.59 Å². The first kappa shape index (κ1) is 30.6. The van der Waals surface area contributed by atoms with Gasteiger partial charge in [-0.15, -0.1) is 0 Å². The third kappa shape index (κ3) is 6.24. The highest BCUT2D eigenvalue weighted by atomic mass is 32.2. The van der Waals surface area contributed by atoms with E-state index in [0.29, 0.717) is 20.2 Å². The lowest BCUT2D eigenvalue weighted by Crippen LogP contribution is -2.25. The van der Waals surface area contributed by atoms with E-state index in [2.05, 4.69) is 0 Å². The van der Waals surface area contributed by atoms with Crippen LogP contribution in [0.5, 0.6) is 5.75 Å². The SMILES string of the molecule is Cc1ccc(Sc2ccc(Sc3ccc(C)cc3)c3c2C(=O)c2c(Sc4ccc(C)cc4)cc(OC(=O)O)c(N)c2C3=O)cc1. The number of hydrogen-bond acceptors (Lipinski definition) is 8. The second-order valence-electron chi connectivity index (χ2n) is 10.6. The molecular weight excluding hydrogens is 623 g/mol. The molecule has 1 aliphatic carbocycles. The Labute approximate surface area is 273 Å². The summed E-state index contributed by atoms with van der Waals surface area (Å²) in [6.45, 7) is 5.97. The first-order valence-electron chi connectivity index (χ1n) is 14.0. The molecule has 0 radical (unpaired) electrons. The molecule has 9 heteroatoms. The van der Waals surface area contributed by atoms with Gasteiger partial charge in [0.1, 0.15) is 0 Å². The second kappa shape index (κ2) is 12.5. The molecule has 0 unspecified atom stereocenters. The molecule has 1 aliphatic rings. The Balaban J connectivity index is 1.57. The lowest BCUT2D eigenvalue weighted by Gasteiger charge is -2.26. The summed E-state index contributed by atoms with van der Waals surface area (Å²) in [6.07, 6.45) is -1.57. The van der Waals surface area contributed by atoms with Gasteiger partial charge in [0.2, 0.25) is 0 Å². The van der Waals surface area contributed by atoms with Crippen LogP contribution in [0.1, 0.15) is 48.5 Å². The number of benzene rings is 5. The maximum Gasteiger partial charge on any atom is 0.511 e. The quantitative estimate of drug-likeness (QED) is 0.0993. The number of ketones is 2. The number of aryl methyl sites for hydroxylation is 3. The third-order valence-electron chi connectivity index (χ3n) is 7.27. The largest absolute Gasteiger partial charge is 0.511 e. The Morgan fingerprint density at radius 3 is 1.33 bits per heavy atom. The molecule has 0 aromatic heterocycles. The van der Waals surface area contributed by atoms with Crippen molar-refractivity contribution in [1.82, 2.24) is 0 Å². The molecule has 45 heavy (non-hydrogen) atoms. The fourth-order valence-electron chi connectivity index (χ4n) is 5.01. The number of carbonyl (C=O) groups excluding carboxylic acids is 2. The van der Waals surface area contributed by atoms with Gasteiger partial charge in [-0.2, -0.15) is 0 Å². The van der Waals surface area contributed by atoms with Gasteiger partial charge in [0.15, 0.2) is 17.3 Å². The Hall–Kier alpha value is -4.44. The molecule has 0 atom stereocenters. The summed E-state index contributed by atoms with van der Waals surface area (Å²) in [5, 5.41) is 9.46. The zero-order chi connectivity index (χ0) is 31.8. The van der Waals surface area contributed by atoms with Crippen molar-refractivity contribution < 1.29 is 24.2 Å². The van der Waals surface area contributed by atoms with Crippen LogP contribution in [-0.2, 0) is 0 Å². The van der Waals surface area contributed by atoms with E-state index in [1.54, 1.807) is 0 Å². The lowest BCUT2D eigenvalue weighted by atomic mass is 9.82. The molecular formula is C36H27NO5S3. The summed E-state index contributed by atoms with van der Waals surface area (Å²) < 4.78 is 5.04. The molecule has 0 amide bonds. The molecule has 5 aromatic carbocycles. The van der Waals surface area contributed by atoms with Gasteiger partial charge in [-0.05, 0) is 75.4 Å². The maximum atomic E-state index is 14.7. The van der Waals surface area contributed by atoms with Gasteiger partial charge in [0.05, 0.1) is 16.8 Å². The van der Waals surface area contributed by atoms with E-state index in [-0.39, 0.29) is 33.9 Å². The minimum atomic E-state index is -1.57. The van der Waals surface area contributed by atoms with Crippen LogP contribution in [0, 0.1) is 20.8 Å². The monoisotopic (exact) mass is 649 g/mol. The smallest absolute Gasteiger partial charge is 0.449 e. The summed E-state index contributed by atoms with van der Waals surface area (Å²) in [4.78, 5) is 45.2. The number of carbonyl (C=O) groups is 3. The van der Waals surface area contributed by atoms with Crippen molar-refractivity contribution in [3.63, 3.8) is 0 Å². The topological polar surface area (TPSA) is 107 Å². The van der Waals surface area contributed by atoms with Gasteiger partial charge in [-0.1, -0.05) is 88.4 Å². The van der Waals surface area contributed by atoms with Crippen LogP contribution in [0.3, 0.4) is 0 Å². The highest BCUT2D eigenvalue weighted by molar-refractivity contribution is 8.00. The van der Waals surface area contributed by atoms with Gasteiger partial charge in [-0.25, -0.2) is 4.79 Å². The average Bonchev–Trinajstić information content (AvgIpc) is 3.01. The molecule has 0 bridgehead atoms. The summed E-state index contributed by atoms with van der Waals surface area (Å²) in [5.74, 6) is -1.01. The van der Waals surface area contributed by atoms with E-state index in [0.717, 1.165) is 31.4 Å². The number of carboxylic acid groups (broad SMARTS) is 1. The number of rotatable bonds is 7. The first-order valence-corrected chi connectivity index (χ1v) is 16.4. The van der Waals surface area contributed by atoms with Crippen LogP contribution in [-0.4, -0.2) is 22.8 Å². The zero-order valence-electron chi connectivity index (χ0n) is 24.5. The molecule has 3 N–H and O–H groups in total. The summed E-state index contributed by atoms with van der Waals surface area (Å²) in [5.41, 5.74) is 10.2. The molecule has 6 nitrogen and oxygen atoms in total. The Bertz CT molecular complexity index is 1990. The maximum absolute atomic E-state index is 14.7. The van der Waals surface area contributed by atoms with Crippen molar-refractivity contribution in [2.75, 3.05) is 5.73 Å². The average molecular weight is 650 g/mol. The van der Waals surface area contributed by atoms with E-state index in [1.165, 1.54) is 41.4 Å². The number of nitrogen functional groups attached to an aromatic ring is 1. The van der Waals surface area contributed by atoms with Crippen LogP contribution in [0.4, 0.5) is 10.5 Å². The number of fused-ring (bicyclic) bond motifs is 2. The molecule has 0 saturated carbocycles. The van der Waals surface area contributed by atoms with Crippen LogP contribution in [0.25, 0.3) is 0 Å². The van der Waals surface area contributed by atoms with Crippen molar-refractivity contribution in [1.29, 1.82) is 0 Å². The van der Waals surface area contributed by atoms with E-state index in [1.807, 2.05) is 106 Å². The predicted octanol–water partition coefficient (Wildman–Crippen LogP) is 9.48. The Morgan fingerprint density at radius 2 is 0.933 bits per heavy atom. The minimum absolute atomic E-state index is 0.0518. The summed E-state index contributed by atoms with van der Waals surface area (Å²) in [6, 6.07) is 28.7. The second-order valence-corrected chi connectivity index (χ2v) is 14.0. The van der Waals surface area contributed by atoms with Crippen molar-refractivity contribution in [2.24, 2.45) is 0 Å². The van der Waals surface area contributed by atoms with Gasteiger partial charge < -0.3 is 15.6 Å². The molecule has 5 aromatic rings. The molecule has 6 rings (SSSR count). The molecule has 0 heterocycles. The van der Waals surface area contributed by atoms with Crippen LogP contribution in [0.15, 0.2) is 120 Å². The molecule has 0 aliphatic heterocycles. The zero-order valence-corrected chi connectivity index (χ0v) is 27.0. The van der Waals surface area contributed by atoms with Crippen LogP contribution < -0.4 is 10.5 Å². The number of hydrogen-bond donors (Lipinski definition) is 2. The van der Waals surface area contributed by atoms with Crippen molar-refractivity contribution in [2.45, 2.75) is 50.1 Å². The third-order valence-corrected chi connectivity index (χ3v) is 10.5. The van der Waals surface area contributed by atoms with Gasteiger partial charge in [0, 0.05) is 40.5 Å². The lowest BCUT2D eigenvalue weighted by molar-refractivity contribution is 0.0972. The van der Waals surface area contributed by atoms with Gasteiger partial charge >= 0.3 is 6.16 Å². The van der Waals surface area contributed by atoms with E-state index in [4.69, 9.17) is 10.5 Å². The van der Waals surface area contributed by atoms with Crippen molar-refractivity contribution in [3.8, 4) is 5.75 Å². The summed E-state index contributed by atoms with van der Waals surface area (Å²) >= 11 is 4.04. The number of anilines is 1. The highest BCUT2D eigenvalue weighted by Crippen LogP contribution is 2.48.